The van der Waals surface area contributed by atoms with Crippen LogP contribution in [0.1, 0.15) is 119 Å². The zero-order valence-electron chi connectivity index (χ0n) is 70.7. The van der Waals surface area contributed by atoms with Crippen molar-refractivity contribution in [1.82, 2.24) is 14.7 Å². The minimum absolute atomic E-state index is 0.186. The Morgan fingerprint density at radius 1 is 0.317 bits per heavy atom. The second-order valence-electron chi connectivity index (χ2n) is 31.0. The molecule has 0 saturated carbocycles. The standard InChI is InChI=1S/C34H37ClN2O4.2C34H37FN2O4/c1-24-8-5-10-26(18-24)22-40-32-14-4-3-12-28(32)20-37(17-16-31(36)34(38)39)21-29-30(35)13-7-15-33(29)41-23-27-11-6-9-25(2)19-27;1-24-8-5-10-26(18-24)22-40-32-15-4-3-12-28(32)20-37(17-16-31(36)34(38)39)21-29-13-7-14-30(35)33(29)41-23-27-11-6-9-25(2)19-27;1-24-7-5-9-26(17-24)22-40-32-12-4-3-11-28(32)20-37(16-15-31(36)34(38)39)21-29-13-14-30(35)19-33(29)41-23-27-10-6-8-25(2)18-27/h2*3-15,18-19,31H,16-17,20-23,36H2,1-2H3,(H,38,39);3-14,17-19,31H,15-16,20-23,36H2,1-2H3,(H,38,39)/t3*31-/m000/s1. The number of halogens is 3. The zero-order chi connectivity index (χ0) is 87.6. The van der Waals surface area contributed by atoms with Crippen LogP contribution in [0.25, 0.3) is 0 Å². The first-order chi connectivity index (χ1) is 59.3. The summed E-state index contributed by atoms with van der Waals surface area (Å²) >= 11 is 6.71. The van der Waals surface area contributed by atoms with Crippen molar-refractivity contribution in [3.8, 4) is 34.5 Å². The first kappa shape index (κ1) is 93.0. The summed E-state index contributed by atoms with van der Waals surface area (Å²) in [6.07, 6.45) is 0.768. The lowest BCUT2D eigenvalue weighted by Gasteiger charge is -2.26. The van der Waals surface area contributed by atoms with Crippen LogP contribution in [0.4, 0.5) is 8.78 Å². The molecule has 0 amide bonds. The first-order valence-electron chi connectivity index (χ1n) is 41.1. The lowest BCUT2D eigenvalue weighted by atomic mass is 10.1. The van der Waals surface area contributed by atoms with Gasteiger partial charge in [0.2, 0.25) is 0 Å². The van der Waals surface area contributed by atoms with Gasteiger partial charge in [0.15, 0.2) is 11.6 Å². The third-order valence-electron chi connectivity index (χ3n) is 20.5. The molecular formula is C102H111ClF2N6O12. The number of para-hydroxylation sites is 4. The van der Waals surface area contributed by atoms with E-state index in [1.54, 1.807) is 12.1 Å². The number of rotatable bonds is 42. The summed E-state index contributed by atoms with van der Waals surface area (Å²) in [5, 5.41) is 28.7. The largest absolute Gasteiger partial charge is 0.489 e. The maximum Gasteiger partial charge on any atom is 0.320 e. The van der Waals surface area contributed by atoms with E-state index in [-0.39, 0.29) is 37.4 Å². The number of aryl methyl sites for hydroxylation is 6. The van der Waals surface area contributed by atoms with Crippen molar-refractivity contribution in [2.24, 2.45) is 17.2 Å². The predicted octanol–water partition coefficient (Wildman–Crippen LogP) is 19.7. The Balaban J connectivity index is 0.000000193. The van der Waals surface area contributed by atoms with Gasteiger partial charge in [0, 0.05) is 103 Å². The Morgan fingerprint density at radius 3 is 0.943 bits per heavy atom. The highest BCUT2D eigenvalue weighted by Crippen LogP contribution is 2.34. The van der Waals surface area contributed by atoms with Crippen LogP contribution >= 0.6 is 11.6 Å². The number of nitrogens with two attached hydrogens (primary N) is 3. The van der Waals surface area contributed by atoms with Crippen molar-refractivity contribution < 1.29 is 66.9 Å². The van der Waals surface area contributed by atoms with Gasteiger partial charge in [-0.1, -0.05) is 269 Å². The minimum atomic E-state index is -1.06. The third-order valence-corrected chi connectivity index (χ3v) is 20.8. The SMILES string of the molecule is Cc1cccc(COc2ccccc2CN(CC[C@H](N)C(=O)O)Cc2c(Cl)cccc2OCc2cccc(C)c2)c1.Cc1cccc(COc2ccccc2CN(CC[C@H](N)C(=O)O)Cc2ccc(F)cc2OCc2cccc(C)c2)c1.Cc1cccc(COc2ccccc2CN(CC[C@H](N)C(=O)O)Cc2cccc(F)c2OCc2cccc(C)c2)c1. The Bertz CT molecular complexity index is 5380. The highest BCUT2D eigenvalue weighted by molar-refractivity contribution is 6.31. The molecule has 9 N–H and O–H groups in total. The Labute approximate surface area is 726 Å². The molecule has 12 aromatic rings. The molecule has 18 nitrogen and oxygen atoms in total. The fourth-order valence-corrected chi connectivity index (χ4v) is 14.2. The van der Waals surface area contributed by atoms with Crippen molar-refractivity contribution in [3.05, 3.63) is 390 Å². The van der Waals surface area contributed by atoms with E-state index >= 15 is 4.39 Å². The first-order valence-corrected chi connectivity index (χ1v) is 41.5. The van der Waals surface area contributed by atoms with E-state index in [1.165, 1.54) is 34.9 Å². The van der Waals surface area contributed by atoms with E-state index in [0.29, 0.717) is 114 Å². The van der Waals surface area contributed by atoms with Crippen LogP contribution < -0.4 is 45.6 Å². The van der Waals surface area contributed by atoms with E-state index in [9.17, 15) is 34.1 Å². The van der Waals surface area contributed by atoms with Crippen LogP contribution in [0, 0.1) is 53.2 Å². The van der Waals surface area contributed by atoms with Crippen LogP contribution in [0.3, 0.4) is 0 Å². The Hall–Kier alpha value is -12.2. The summed E-state index contributed by atoms with van der Waals surface area (Å²) in [5.41, 5.74) is 35.9. The molecule has 0 aliphatic carbocycles. The highest BCUT2D eigenvalue weighted by atomic mass is 35.5. The third kappa shape index (κ3) is 31.0. The lowest BCUT2D eigenvalue weighted by molar-refractivity contribution is -0.139. The summed E-state index contributed by atoms with van der Waals surface area (Å²) in [4.78, 5) is 40.6. The van der Waals surface area contributed by atoms with Gasteiger partial charge in [-0.3, -0.25) is 29.1 Å². The summed E-state index contributed by atoms with van der Waals surface area (Å²) in [7, 11) is 0. The van der Waals surface area contributed by atoms with Crippen molar-refractivity contribution in [1.29, 1.82) is 0 Å². The van der Waals surface area contributed by atoms with Crippen molar-refractivity contribution in [3.63, 3.8) is 0 Å². The van der Waals surface area contributed by atoms with Gasteiger partial charge in [0.1, 0.15) is 92.3 Å². The van der Waals surface area contributed by atoms with E-state index in [0.717, 1.165) is 95.1 Å². The van der Waals surface area contributed by atoms with Gasteiger partial charge < -0.3 is 60.9 Å². The molecule has 0 spiro atoms. The summed E-state index contributed by atoms with van der Waals surface area (Å²) < 4.78 is 66.3. The number of ether oxygens (including phenoxy) is 6. The van der Waals surface area contributed by atoms with E-state index in [2.05, 4.69) is 60.0 Å². The molecule has 0 heterocycles. The van der Waals surface area contributed by atoms with Crippen LogP contribution in [0.15, 0.2) is 273 Å². The van der Waals surface area contributed by atoms with Gasteiger partial charge in [-0.05, 0) is 137 Å². The second kappa shape index (κ2) is 47.8. The molecule has 123 heavy (non-hydrogen) atoms. The number of carboxylic acids is 3. The molecule has 12 aromatic carbocycles. The summed E-state index contributed by atoms with van der Waals surface area (Å²) in [5.74, 6) is -0.377. The molecule has 0 aliphatic heterocycles. The number of hydrogen-bond acceptors (Lipinski definition) is 15. The van der Waals surface area contributed by atoms with Gasteiger partial charge in [0.25, 0.3) is 0 Å². The number of benzene rings is 12. The topological polar surface area (TPSA) is 255 Å². The lowest BCUT2D eigenvalue weighted by Crippen LogP contribution is -2.35. The number of aliphatic carboxylic acids is 3. The normalized spacial score (nSPS) is 11.8. The molecule has 3 atom stereocenters. The maximum atomic E-state index is 15.0. The van der Waals surface area contributed by atoms with Crippen molar-refractivity contribution in [2.45, 2.75) is 158 Å². The predicted molar refractivity (Wildman–Crippen MR) is 480 cm³/mol. The highest BCUT2D eigenvalue weighted by Gasteiger charge is 2.24. The second-order valence-corrected chi connectivity index (χ2v) is 31.4. The molecule has 0 saturated heterocycles. The van der Waals surface area contributed by atoms with Crippen LogP contribution in [-0.4, -0.2) is 85.7 Å². The van der Waals surface area contributed by atoms with E-state index in [4.69, 9.17) is 57.2 Å². The smallest absolute Gasteiger partial charge is 0.320 e. The number of carboxylic acid groups (broad SMARTS) is 3. The van der Waals surface area contributed by atoms with Gasteiger partial charge in [-0.15, -0.1) is 0 Å². The molecule has 12 rings (SSSR count). The fourth-order valence-electron chi connectivity index (χ4n) is 14.0. The zero-order valence-corrected chi connectivity index (χ0v) is 71.4. The Kier molecular flexibility index (Phi) is 36.2. The van der Waals surface area contributed by atoms with Crippen LogP contribution in [0.2, 0.25) is 5.02 Å². The molecule has 0 aromatic heterocycles. The van der Waals surface area contributed by atoms with Gasteiger partial charge in [-0.25, -0.2) is 8.78 Å². The molecule has 0 aliphatic rings. The average Bonchev–Trinajstić information content (AvgIpc) is 0.837. The average molecular weight is 1690 g/mol. The quantitative estimate of drug-likeness (QED) is 0.0208. The molecule has 0 fully saturated rings. The summed E-state index contributed by atoms with van der Waals surface area (Å²) in [6, 6.07) is 84.2. The Morgan fingerprint density at radius 2 is 0.593 bits per heavy atom. The molecule has 21 heteroatoms. The van der Waals surface area contributed by atoms with Crippen molar-refractivity contribution >= 4 is 29.5 Å². The maximum absolute atomic E-state index is 15.0. The fraction of sp³-hybridized carbons (Fsp3) is 0.265. The molecular weight excluding hydrogens is 1570 g/mol. The van der Waals surface area contributed by atoms with E-state index in [1.807, 2.05) is 239 Å². The monoisotopic (exact) mass is 1680 g/mol. The summed E-state index contributed by atoms with van der Waals surface area (Å²) in [6.45, 7) is 18.3. The molecule has 0 unspecified atom stereocenters. The number of hydrogen-bond donors (Lipinski definition) is 6. The van der Waals surface area contributed by atoms with Crippen molar-refractivity contribution in [2.75, 3.05) is 19.6 Å². The van der Waals surface area contributed by atoms with Gasteiger partial charge >= 0.3 is 17.9 Å². The molecule has 642 valence electrons. The van der Waals surface area contributed by atoms with Crippen LogP contribution in [0.5, 0.6) is 34.5 Å². The van der Waals surface area contributed by atoms with Gasteiger partial charge in [0.05, 0.1) is 0 Å². The number of carbonyl (C=O) groups is 3. The number of nitrogens with zero attached hydrogens (tertiary/aromatic N) is 3. The minimum Gasteiger partial charge on any atom is -0.489 e. The van der Waals surface area contributed by atoms with Crippen LogP contribution in [-0.2, 0) is 93.3 Å². The van der Waals surface area contributed by atoms with E-state index < -0.39 is 41.9 Å². The molecule has 0 bridgehead atoms. The van der Waals surface area contributed by atoms with Gasteiger partial charge in [-0.2, -0.15) is 0 Å². The molecule has 0 radical (unpaired) electrons.